The van der Waals surface area contributed by atoms with Gasteiger partial charge in [-0.05, 0) is 36.8 Å². The summed E-state index contributed by atoms with van der Waals surface area (Å²) < 4.78 is 11.3. The predicted octanol–water partition coefficient (Wildman–Crippen LogP) is 2.25. The van der Waals surface area contributed by atoms with Crippen LogP contribution in [0.5, 0.6) is 0 Å². The molecule has 0 spiro atoms. The molecule has 1 aromatic carbocycles. The monoisotopic (exact) mass is 424 g/mol. The number of aromatic amines is 1. The molecule has 8 heteroatoms. The number of H-pyrrole nitrogens is 1. The SMILES string of the molecule is O=C(c1cn[nH]c1C1CCCCN1C(=O)C1OCCc2ccccc21)N1CCOCC1. The molecular formula is C23H28N4O4. The zero-order chi connectivity index (χ0) is 21.2. The second kappa shape index (κ2) is 8.80. The maximum absolute atomic E-state index is 13.7. The fourth-order valence-electron chi connectivity index (χ4n) is 4.90. The van der Waals surface area contributed by atoms with Crippen LogP contribution in [0.2, 0.25) is 0 Å². The fourth-order valence-corrected chi connectivity index (χ4v) is 4.90. The lowest BCUT2D eigenvalue weighted by atomic mass is 9.93. The molecule has 1 aromatic heterocycles. The van der Waals surface area contributed by atoms with Gasteiger partial charge in [0.15, 0.2) is 6.10 Å². The van der Waals surface area contributed by atoms with Crippen molar-refractivity contribution in [1.82, 2.24) is 20.0 Å². The third kappa shape index (κ3) is 3.85. The molecule has 1 N–H and O–H groups in total. The number of hydrogen-bond donors (Lipinski definition) is 1. The molecule has 2 amide bonds. The number of carbonyl (C=O) groups excluding carboxylic acids is 2. The van der Waals surface area contributed by atoms with Gasteiger partial charge in [0.05, 0.1) is 43.3 Å². The molecular weight excluding hydrogens is 396 g/mol. The summed E-state index contributed by atoms with van der Waals surface area (Å²) in [6, 6.07) is 7.81. The van der Waals surface area contributed by atoms with Crippen LogP contribution in [-0.2, 0) is 20.7 Å². The molecule has 0 radical (unpaired) electrons. The highest BCUT2D eigenvalue weighted by molar-refractivity contribution is 5.95. The molecule has 3 aliphatic rings. The van der Waals surface area contributed by atoms with E-state index in [1.54, 1.807) is 11.1 Å². The molecule has 0 aliphatic carbocycles. The van der Waals surface area contributed by atoms with E-state index in [2.05, 4.69) is 16.3 Å². The van der Waals surface area contributed by atoms with Gasteiger partial charge in [0.1, 0.15) is 0 Å². The summed E-state index contributed by atoms with van der Waals surface area (Å²) >= 11 is 0. The number of nitrogens with zero attached hydrogens (tertiary/aromatic N) is 3. The number of morpholine rings is 1. The van der Waals surface area contributed by atoms with Gasteiger partial charge < -0.3 is 19.3 Å². The summed E-state index contributed by atoms with van der Waals surface area (Å²) in [6.07, 6.45) is 4.56. The summed E-state index contributed by atoms with van der Waals surface area (Å²) in [7, 11) is 0. The first-order valence-corrected chi connectivity index (χ1v) is 11.1. The van der Waals surface area contributed by atoms with Crippen LogP contribution in [0.25, 0.3) is 0 Å². The highest BCUT2D eigenvalue weighted by atomic mass is 16.5. The number of aromatic nitrogens is 2. The number of rotatable bonds is 3. The minimum atomic E-state index is -0.591. The van der Waals surface area contributed by atoms with E-state index in [0.29, 0.717) is 45.0 Å². The Kier molecular flexibility index (Phi) is 5.74. The minimum absolute atomic E-state index is 0.0313. The number of likely N-dealkylation sites (tertiary alicyclic amines) is 1. The lowest BCUT2D eigenvalue weighted by Crippen LogP contribution is -2.44. The van der Waals surface area contributed by atoms with Crippen LogP contribution in [0.4, 0.5) is 0 Å². The van der Waals surface area contributed by atoms with E-state index in [-0.39, 0.29) is 17.9 Å². The first-order valence-electron chi connectivity index (χ1n) is 11.1. The third-order valence-corrected chi connectivity index (χ3v) is 6.53. The van der Waals surface area contributed by atoms with Crippen LogP contribution in [0.15, 0.2) is 30.5 Å². The van der Waals surface area contributed by atoms with Gasteiger partial charge in [-0.3, -0.25) is 14.7 Å². The molecule has 2 unspecified atom stereocenters. The van der Waals surface area contributed by atoms with Gasteiger partial charge in [-0.1, -0.05) is 24.3 Å². The Morgan fingerprint density at radius 2 is 1.90 bits per heavy atom. The highest BCUT2D eigenvalue weighted by Crippen LogP contribution is 2.36. The van der Waals surface area contributed by atoms with Gasteiger partial charge in [-0.2, -0.15) is 5.10 Å². The zero-order valence-electron chi connectivity index (χ0n) is 17.6. The maximum atomic E-state index is 13.7. The van der Waals surface area contributed by atoms with E-state index in [0.717, 1.165) is 36.9 Å². The number of piperidine rings is 1. The van der Waals surface area contributed by atoms with Crippen molar-refractivity contribution in [2.24, 2.45) is 0 Å². The Bertz CT molecular complexity index is 953. The average Bonchev–Trinajstić information content (AvgIpc) is 3.33. The Morgan fingerprint density at radius 1 is 1.06 bits per heavy atom. The molecule has 5 rings (SSSR count). The maximum Gasteiger partial charge on any atom is 0.257 e. The van der Waals surface area contributed by atoms with Crippen molar-refractivity contribution < 1.29 is 19.1 Å². The van der Waals surface area contributed by atoms with Gasteiger partial charge in [-0.15, -0.1) is 0 Å². The van der Waals surface area contributed by atoms with E-state index in [9.17, 15) is 9.59 Å². The smallest absolute Gasteiger partial charge is 0.257 e. The van der Waals surface area contributed by atoms with E-state index < -0.39 is 6.10 Å². The summed E-state index contributed by atoms with van der Waals surface area (Å²) in [5, 5.41) is 7.22. The van der Waals surface area contributed by atoms with Gasteiger partial charge in [0.25, 0.3) is 11.8 Å². The number of ether oxygens (including phenoxy) is 2. The van der Waals surface area contributed by atoms with E-state index >= 15 is 0 Å². The van der Waals surface area contributed by atoms with Crippen molar-refractivity contribution in [3.8, 4) is 0 Å². The van der Waals surface area contributed by atoms with Gasteiger partial charge in [0, 0.05) is 19.6 Å². The molecule has 164 valence electrons. The molecule has 2 fully saturated rings. The fraction of sp³-hybridized carbons (Fsp3) is 0.522. The van der Waals surface area contributed by atoms with Crippen LogP contribution in [0.3, 0.4) is 0 Å². The molecule has 2 aromatic rings. The largest absolute Gasteiger partial charge is 0.378 e. The van der Waals surface area contributed by atoms with Gasteiger partial charge >= 0.3 is 0 Å². The lowest BCUT2D eigenvalue weighted by Gasteiger charge is -2.39. The Hall–Kier alpha value is -2.71. The Balaban J connectivity index is 1.42. The Labute approximate surface area is 181 Å². The number of nitrogens with one attached hydrogen (secondary N) is 1. The van der Waals surface area contributed by atoms with Crippen molar-refractivity contribution >= 4 is 11.8 Å². The van der Waals surface area contributed by atoms with Crippen LogP contribution in [0, 0.1) is 0 Å². The molecule has 8 nitrogen and oxygen atoms in total. The van der Waals surface area contributed by atoms with Crippen molar-refractivity contribution in [3.05, 3.63) is 52.8 Å². The normalized spacial score (nSPS) is 24.0. The van der Waals surface area contributed by atoms with Gasteiger partial charge in [-0.25, -0.2) is 0 Å². The molecule has 0 bridgehead atoms. The van der Waals surface area contributed by atoms with Crippen molar-refractivity contribution in [1.29, 1.82) is 0 Å². The molecule has 2 saturated heterocycles. The van der Waals surface area contributed by atoms with Crippen LogP contribution in [0.1, 0.15) is 58.6 Å². The second-order valence-corrected chi connectivity index (χ2v) is 8.34. The van der Waals surface area contributed by atoms with E-state index in [4.69, 9.17) is 9.47 Å². The highest BCUT2D eigenvalue weighted by Gasteiger charge is 2.38. The second-order valence-electron chi connectivity index (χ2n) is 8.34. The summed E-state index contributed by atoms with van der Waals surface area (Å²) in [5.74, 6) is -0.0829. The molecule has 3 aliphatic heterocycles. The lowest BCUT2D eigenvalue weighted by molar-refractivity contribution is -0.149. The van der Waals surface area contributed by atoms with Crippen molar-refractivity contribution in [3.63, 3.8) is 0 Å². The first kappa shape index (κ1) is 20.2. The number of hydrogen-bond acceptors (Lipinski definition) is 5. The summed E-state index contributed by atoms with van der Waals surface area (Å²) in [5.41, 5.74) is 3.41. The Morgan fingerprint density at radius 3 is 2.77 bits per heavy atom. The minimum Gasteiger partial charge on any atom is -0.378 e. The van der Waals surface area contributed by atoms with Crippen molar-refractivity contribution in [2.75, 3.05) is 39.5 Å². The van der Waals surface area contributed by atoms with Crippen LogP contribution in [-0.4, -0.2) is 71.3 Å². The molecule has 0 saturated carbocycles. The van der Waals surface area contributed by atoms with Crippen LogP contribution >= 0.6 is 0 Å². The number of benzene rings is 1. The molecule has 31 heavy (non-hydrogen) atoms. The number of amides is 2. The summed E-state index contributed by atoms with van der Waals surface area (Å²) in [4.78, 5) is 30.5. The topological polar surface area (TPSA) is 87.8 Å². The van der Waals surface area contributed by atoms with E-state index in [1.807, 2.05) is 23.1 Å². The standard InChI is InChI=1S/C23H28N4O4/c28-22(26-10-13-30-14-11-26)18-15-24-25-20(18)19-7-3-4-9-27(19)23(29)21-17-6-2-1-5-16(17)8-12-31-21/h1-2,5-6,15,19,21H,3-4,7-14H2,(H,24,25). The van der Waals surface area contributed by atoms with Gasteiger partial charge in [0.2, 0.25) is 0 Å². The number of carbonyl (C=O) groups is 2. The quantitative estimate of drug-likeness (QED) is 0.817. The average molecular weight is 425 g/mol. The van der Waals surface area contributed by atoms with Crippen LogP contribution < -0.4 is 0 Å². The summed E-state index contributed by atoms with van der Waals surface area (Å²) in [6.45, 7) is 3.43. The zero-order valence-corrected chi connectivity index (χ0v) is 17.6. The van der Waals surface area contributed by atoms with E-state index in [1.165, 1.54) is 5.56 Å². The predicted molar refractivity (Wildman–Crippen MR) is 112 cm³/mol. The molecule has 4 heterocycles. The molecule has 2 atom stereocenters. The van der Waals surface area contributed by atoms with Crippen molar-refractivity contribution in [2.45, 2.75) is 37.8 Å². The number of fused-ring (bicyclic) bond motifs is 1. The first-order chi connectivity index (χ1) is 15.2. The third-order valence-electron chi connectivity index (χ3n) is 6.53.